The molecule has 0 spiro atoms. The maximum absolute atomic E-state index is 2.57. The van der Waals surface area contributed by atoms with Crippen LogP contribution in [0, 0.1) is 19.8 Å². The Labute approximate surface area is 175 Å². The molecule has 150 valence electrons. The van der Waals surface area contributed by atoms with E-state index in [1.807, 2.05) is 0 Å². The molecule has 2 heteroatoms. The van der Waals surface area contributed by atoms with Gasteiger partial charge in [0.25, 0.3) is 0 Å². The van der Waals surface area contributed by atoms with Crippen LogP contribution in [-0.4, -0.2) is 6.17 Å². The summed E-state index contributed by atoms with van der Waals surface area (Å²) in [5.41, 5.74) is 9.29. The predicted molar refractivity (Wildman–Crippen MR) is 126 cm³/mol. The molecule has 1 unspecified atom stereocenters. The molecule has 1 atom stereocenters. The highest BCUT2D eigenvalue weighted by Crippen LogP contribution is 2.51. The van der Waals surface area contributed by atoms with Gasteiger partial charge in [-0.05, 0) is 60.6 Å². The topological polar surface area (TPSA) is 6.48 Å². The molecule has 0 bridgehead atoms. The molecular formula is C27H32N2. The van der Waals surface area contributed by atoms with E-state index >= 15 is 0 Å². The predicted octanol–water partition coefficient (Wildman–Crippen LogP) is 7.70. The van der Waals surface area contributed by atoms with E-state index in [2.05, 4.69) is 118 Å². The normalized spacial score (nSPS) is 16.1. The fourth-order valence-corrected chi connectivity index (χ4v) is 4.77. The van der Waals surface area contributed by atoms with E-state index in [-0.39, 0.29) is 6.17 Å². The third-order valence-corrected chi connectivity index (χ3v) is 6.02. The second-order valence-electron chi connectivity index (χ2n) is 8.84. The van der Waals surface area contributed by atoms with Crippen LogP contribution in [0.5, 0.6) is 0 Å². The van der Waals surface area contributed by atoms with Crippen LogP contribution in [0.1, 0.15) is 50.3 Å². The molecule has 0 amide bonds. The van der Waals surface area contributed by atoms with Crippen molar-refractivity contribution in [1.82, 2.24) is 0 Å². The van der Waals surface area contributed by atoms with Crippen LogP contribution in [0.3, 0.4) is 0 Å². The Hall–Kier alpha value is -2.74. The number of aryl methyl sites for hydroxylation is 2. The highest BCUT2D eigenvalue weighted by atomic mass is 15.4. The van der Waals surface area contributed by atoms with Gasteiger partial charge in [-0.15, -0.1) is 0 Å². The first-order chi connectivity index (χ1) is 13.9. The number of hydrogen-bond acceptors (Lipinski definition) is 2. The lowest BCUT2D eigenvalue weighted by molar-refractivity contribution is 0.504. The molecule has 1 aliphatic heterocycles. The van der Waals surface area contributed by atoms with Gasteiger partial charge < -0.3 is 9.80 Å². The summed E-state index contributed by atoms with van der Waals surface area (Å²) in [5, 5.41) is 0. The van der Waals surface area contributed by atoms with Gasteiger partial charge in [0.2, 0.25) is 0 Å². The number of fused-ring (bicyclic) bond motifs is 1. The summed E-state index contributed by atoms with van der Waals surface area (Å²) in [5.74, 6) is 0.919. The minimum Gasteiger partial charge on any atom is -0.318 e. The minimum atomic E-state index is 0.229. The van der Waals surface area contributed by atoms with Crippen LogP contribution < -0.4 is 9.80 Å². The first-order valence-corrected chi connectivity index (χ1v) is 10.7. The lowest BCUT2D eigenvalue weighted by Gasteiger charge is -2.38. The van der Waals surface area contributed by atoms with E-state index in [1.165, 1.54) is 39.4 Å². The molecule has 0 saturated heterocycles. The Morgan fingerprint density at radius 3 is 1.69 bits per heavy atom. The summed E-state index contributed by atoms with van der Waals surface area (Å²) in [7, 11) is 0. The van der Waals surface area contributed by atoms with E-state index in [1.54, 1.807) is 0 Å². The smallest absolute Gasteiger partial charge is 0.113 e. The fraction of sp³-hybridized carbons (Fsp3) is 0.333. The van der Waals surface area contributed by atoms with Crippen molar-refractivity contribution in [2.24, 2.45) is 5.92 Å². The number of rotatable bonds is 4. The van der Waals surface area contributed by atoms with Gasteiger partial charge in [0.15, 0.2) is 0 Å². The molecule has 0 N–H and O–H groups in total. The van der Waals surface area contributed by atoms with Gasteiger partial charge in [-0.2, -0.15) is 0 Å². The first kappa shape index (κ1) is 19.6. The standard InChI is InChI=1S/C27H32N2/c1-18(2)22-14-7-8-15-23(22)28-24-16-9-10-17-25(24)29(27(28)19(3)4)26-20(5)12-11-13-21(26)6/h7-19,27H,1-6H3. The molecule has 3 aromatic carbocycles. The highest BCUT2D eigenvalue weighted by Gasteiger charge is 2.41. The van der Waals surface area contributed by atoms with Crippen molar-refractivity contribution in [2.75, 3.05) is 9.80 Å². The quantitative estimate of drug-likeness (QED) is 0.455. The zero-order valence-electron chi connectivity index (χ0n) is 18.5. The van der Waals surface area contributed by atoms with Crippen LogP contribution >= 0.6 is 0 Å². The summed E-state index contributed by atoms with van der Waals surface area (Å²) in [6.07, 6.45) is 0.229. The SMILES string of the molecule is Cc1cccc(C)c1N1c2ccccc2N(c2ccccc2C(C)C)C1C(C)C. The zero-order valence-corrected chi connectivity index (χ0v) is 18.5. The molecule has 4 rings (SSSR count). The number of nitrogens with zero attached hydrogens (tertiary/aromatic N) is 2. The molecule has 1 aliphatic rings. The second kappa shape index (κ2) is 7.59. The molecular weight excluding hydrogens is 352 g/mol. The summed E-state index contributed by atoms with van der Waals surface area (Å²) in [4.78, 5) is 5.14. The van der Waals surface area contributed by atoms with Crippen molar-refractivity contribution in [3.63, 3.8) is 0 Å². The molecule has 1 heterocycles. The molecule has 2 nitrogen and oxygen atoms in total. The Morgan fingerprint density at radius 2 is 1.14 bits per heavy atom. The van der Waals surface area contributed by atoms with E-state index in [4.69, 9.17) is 0 Å². The summed E-state index contributed by atoms with van der Waals surface area (Å²) >= 11 is 0. The number of hydrogen-bond donors (Lipinski definition) is 0. The van der Waals surface area contributed by atoms with Gasteiger partial charge >= 0.3 is 0 Å². The van der Waals surface area contributed by atoms with Crippen molar-refractivity contribution in [2.45, 2.75) is 53.6 Å². The largest absolute Gasteiger partial charge is 0.318 e. The average Bonchev–Trinajstić information content (AvgIpc) is 3.03. The lowest BCUT2D eigenvalue weighted by Crippen LogP contribution is -2.43. The van der Waals surface area contributed by atoms with Crippen LogP contribution in [0.25, 0.3) is 0 Å². The van der Waals surface area contributed by atoms with Crippen LogP contribution in [0.4, 0.5) is 22.7 Å². The van der Waals surface area contributed by atoms with Crippen molar-refractivity contribution in [3.8, 4) is 0 Å². The van der Waals surface area contributed by atoms with E-state index < -0.39 is 0 Å². The molecule has 3 aromatic rings. The summed E-state index contributed by atoms with van der Waals surface area (Å²) in [6, 6.07) is 24.4. The van der Waals surface area contributed by atoms with Gasteiger partial charge in [-0.25, -0.2) is 0 Å². The van der Waals surface area contributed by atoms with Crippen molar-refractivity contribution < 1.29 is 0 Å². The van der Waals surface area contributed by atoms with E-state index in [0.717, 1.165) is 0 Å². The fourth-order valence-electron chi connectivity index (χ4n) is 4.77. The van der Waals surface area contributed by atoms with Gasteiger partial charge in [0.05, 0.1) is 11.4 Å². The maximum atomic E-state index is 2.57. The van der Waals surface area contributed by atoms with Gasteiger partial charge in [0, 0.05) is 11.4 Å². The second-order valence-corrected chi connectivity index (χ2v) is 8.84. The number of para-hydroxylation sites is 4. The maximum Gasteiger partial charge on any atom is 0.113 e. The molecule has 0 saturated carbocycles. The monoisotopic (exact) mass is 384 g/mol. The molecule has 0 fully saturated rings. The van der Waals surface area contributed by atoms with Crippen LogP contribution in [0.15, 0.2) is 66.7 Å². The Kier molecular flexibility index (Phi) is 5.12. The summed E-state index contributed by atoms with van der Waals surface area (Å²) < 4.78 is 0. The molecule has 0 radical (unpaired) electrons. The summed E-state index contributed by atoms with van der Waals surface area (Å²) in [6.45, 7) is 13.7. The van der Waals surface area contributed by atoms with E-state index in [0.29, 0.717) is 11.8 Å². The van der Waals surface area contributed by atoms with E-state index in [9.17, 15) is 0 Å². The van der Waals surface area contributed by atoms with Gasteiger partial charge in [-0.3, -0.25) is 0 Å². The number of anilines is 4. The zero-order chi connectivity index (χ0) is 20.7. The molecule has 29 heavy (non-hydrogen) atoms. The first-order valence-electron chi connectivity index (χ1n) is 10.7. The van der Waals surface area contributed by atoms with Crippen LogP contribution in [-0.2, 0) is 0 Å². The van der Waals surface area contributed by atoms with Crippen LogP contribution in [0.2, 0.25) is 0 Å². The average molecular weight is 385 g/mol. The van der Waals surface area contributed by atoms with Crippen molar-refractivity contribution >= 4 is 22.7 Å². The van der Waals surface area contributed by atoms with Crippen molar-refractivity contribution in [1.29, 1.82) is 0 Å². The van der Waals surface area contributed by atoms with Crippen molar-refractivity contribution in [3.05, 3.63) is 83.4 Å². The highest BCUT2D eigenvalue weighted by molar-refractivity contribution is 5.90. The molecule has 0 aromatic heterocycles. The molecule has 0 aliphatic carbocycles. The number of benzene rings is 3. The van der Waals surface area contributed by atoms with Gasteiger partial charge in [-0.1, -0.05) is 76.2 Å². The minimum absolute atomic E-state index is 0.229. The van der Waals surface area contributed by atoms with Gasteiger partial charge in [0.1, 0.15) is 6.17 Å². The Balaban J connectivity index is 1.99. The lowest BCUT2D eigenvalue weighted by atomic mass is 9.98. The third-order valence-electron chi connectivity index (χ3n) is 6.02. The Bertz CT molecular complexity index is 998. The third kappa shape index (κ3) is 3.21. The Morgan fingerprint density at radius 1 is 0.621 bits per heavy atom.